The van der Waals surface area contributed by atoms with Gasteiger partial charge >= 0.3 is 0 Å². The Hall–Kier alpha value is -0.650. The number of hydrogen-bond donors (Lipinski definition) is 1. The fraction of sp³-hybridized carbons (Fsp3) is 0.905. The van der Waals surface area contributed by atoms with Crippen molar-refractivity contribution in [3.63, 3.8) is 0 Å². The average Bonchev–Trinajstić information content (AvgIpc) is 2.75. The molecule has 0 bridgehead atoms. The molecular weight excluding hydrogens is 499 g/mol. The van der Waals surface area contributed by atoms with Crippen LogP contribution in [0.5, 0.6) is 0 Å². The number of guanidine groups is 1. The summed E-state index contributed by atoms with van der Waals surface area (Å²) in [5, 5.41) is 3.41. The lowest BCUT2D eigenvalue weighted by atomic mass is 10.1. The number of piperidine rings is 1. The minimum absolute atomic E-state index is 0. The third-order valence-corrected chi connectivity index (χ3v) is 5.35. The quantitative estimate of drug-likeness (QED) is 0.198. The number of nitrogens with one attached hydrogen (secondary N) is 1. The Morgan fingerprint density at radius 1 is 1.23 bits per heavy atom. The van der Waals surface area contributed by atoms with Crippen molar-refractivity contribution in [3.05, 3.63) is 0 Å². The number of nitrogens with zero attached hydrogens (tertiary/aromatic N) is 3. The summed E-state index contributed by atoms with van der Waals surface area (Å²) in [6.45, 7) is 7.74. The standard InChI is InChI=1S/C21H40N4O4.HI/c1-4-27-14-7-11-22-21(23-16-20(26)24(2)3)25-12-9-18(10-13-25)29-17-19-8-5-6-15-28-19;/h18-19H,4-17H2,1-3H3,(H,22,23);1H. The highest BCUT2D eigenvalue weighted by molar-refractivity contribution is 14.0. The lowest BCUT2D eigenvalue weighted by Crippen LogP contribution is -2.48. The Balaban J connectivity index is 0.00000450. The number of likely N-dealkylation sites (tertiary alicyclic amines) is 1. The molecule has 1 N–H and O–H groups in total. The molecule has 0 aliphatic carbocycles. The van der Waals surface area contributed by atoms with Gasteiger partial charge in [-0.3, -0.25) is 4.79 Å². The summed E-state index contributed by atoms with van der Waals surface area (Å²) < 4.78 is 17.3. The molecule has 2 saturated heterocycles. The van der Waals surface area contributed by atoms with Gasteiger partial charge in [-0.15, -0.1) is 24.0 Å². The van der Waals surface area contributed by atoms with E-state index in [2.05, 4.69) is 15.2 Å². The summed E-state index contributed by atoms with van der Waals surface area (Å²) in [6, 6.07) is 0. The highest BCUT2D eigenvalue weighted by atomic mass is 127. The summed E-state index contributed by atoms with van der Waals surface area (Å²) in [6.07, 6.45) is 6.92. The summed E-state index contributed by atoms with van der Waals surface area (Å²) in [4.78, 5) is 20.3. The number of halogens is 1. The van der Waals surface area contributed by atoms with Crippen molar-refractivity contribution in [2.75, 3.05) is 66.7 Å². The van der Waals surface area contributed by atoms with Crippen LogP contribution in [0.1, 0.15) is 45.4 Å². The molecule has 0 radical (unpaired) electrons. The van der Waals surface area contributed by atoms with E-state index in [-0.39, 0.29) is 48.6 Å². The van der Waals surface area contributed by atoms with Crippen molar-refractivity contribution in [3.8, 4) is 0 Å². The molecule has 0 saturated carbocycles. The van der Waals surface area contributed by atoms with Crippen LogP contribution in [0.2, 0.25) is 0 Å². The molecule has 1 amide bonds. The van der Waals surface area contributed by atoms with Crippen LogP contribution in [0.25, 0.3) is 0 Å². The van der Waals surface area contributed by atoms with Gasteiger partial charge in [0.2, 0.25) is 5.91 Å². The Morgan fingerprint density at radius 3 is 2.63 bits per heavy atom. The van der Waals surface area contributed by atoms with Gasteiger partial charge in [-0.2, -0.15) is 0 Å². The summed E-state index contributed by atoms with van der Waals surface area (Å²) in [7, 11) is 3.51. The Kier molecular flexibility index (Phi) is 14.6. The number of ether oxygens (including phenoxy) is 3. The SMILES string of the molecule is CCOCCCNC(=NCC(=O)N(C)C)N1CCC(OCC2CCCCO2)CC1.I. The van der Waals surface area contributed by atoms with Gasteiger partial charge in [-0.25, -0.2) is 4.99 Å². The molecule has 0 aromatic heterocycles. The zero-order chi connectivity index (χ0) is 20.9. The molecule has 8 nitrogen and oxygen atoms in total. The zero-order valence-corrected chi connectivity index (χ0v) is 21.3. The maximum absolute atomic E-state index is 12.0. The first kappa shape index (κ1) is 27.4. The molecule has 2 aliphatic rings. The van der Waals surface area contributed by atoms with Gasteiger partial charge in [0.25, 0.3) is 0 Å². The first-order chi connectivity index (χ1) is 14.1. The van der Waals surface area contributed by atoms with Crippen molar-refractivity contribution >= 4 is 35.8 Å². The van der Waals surface area contributed by atoms with E-state index >= 15 is 0 Å². The van der Waals surface area contributed by atoms with Crippen molar-refractivity contribution < 1.29 is 19.0 Å². The number of carbonyl (C=O) groups is 1. The molecule has 0 spiro atoms. The van der Waals surface area contributed by atoms with Gasteiger partial charge in [0, 0.05) is 53.6 Å². The summed E-state index contributed by atoms with van der Waals surface area (Å²) >= 11 is 0. The first-order valence-electron chi connectivity index (χ1n) is 11.1. The molecule has 30 heavy (non-hydrogen) atoms. The van der Waals surface area contributed by atoms with E-state index in [1.54, 1.807) is 19.0 Å². The molecule has 0 aromatic carbocycles. The monoisotopic (exact) mass is 540 g/mol. The second kappa shape index (κ2) is 16.0. The van der Waals surface area contributed by atoms with Gasteiger partial charge in [-0.1, -0.05) is 0 Å². The van der Waals surface area contributed by atoms with Crippen molar-refractivity contribution in [2.24, 2.45) is 4.99 Å². The topological polar surface area (TPSA) is 75.6 Å². The molecule has 1 atom stereocenters. The van der Waals surface area contributed by atoms with E-state index in [1.807, 2.05) is 6.92 Å². The second-order valence-electron chi connectivity index (χ2n) is 7.91. The van der Waals surface area contributed by atoms with E-state index in [0.29, 0.717) is 6.61 Å². The number of aliphatic imine (C=N–C) groups is 1. The highest BCUT2D eigenvalue weighted by Crippen LogP contribution is 2.18. The van der Waals surface area contributed by atoms with Gasteiger partial charge in [-0.05, 0) is 45.4 Å². The zero-order valence-electron chi connectivity index (χ0n) is 18.9. The molecule has 2 heterocycles. The number of hydrogen-bond acceptors (Lipinski definition) is 5. The fourth-order valence-corrected chi connectivity index (χ4v) is 3.49. The van der Waals surface area contributed by atoms with Crippen LogP contribution in [0.3, 0.4) is 0 Å². The smallest absolute Gasteiger partial charge is 0.243 e. The highest BCUT2D eigenvalue weighted by Gasteiger charge is 2.24. The lowest BCUT2D eigenvalue weighted by molar-refractivity contribution is -0.127. The molecule has 2 rings (SSSR count). The van der Waals surface area contributed by atoms with Crippen LogP contribution in [0.4, 0.5) is 0 Å². The van der Waals surface area contributed by atoms with Gasteiger partial charge in [0.15, 0.2) is 5.96 Å². The van der Waals surface area contributed by atoms with E-state index in [0.717, 1.165) is 71.1 Å². The molecule has 2 fully saturated rings. The molecule has 1 unspecified atom stereocenters. The van der Waals surface area contributed by atoms with E-state index in [4.69, 9.17) is 14.2 Å². The number of carbonyl (C=O) groups excluding carboxylic acids is 1. The minimum atomic E-state index is 0. The minimum Gasteiger partial charge on any atom is -0.382 e. The number of likely N-dealkylation sites (N-methyl/N-ethyl adjacent to an activating group) is 1. The van der Waals surface area contributed by atoms with Crippen molar-refractivity contribution in [1.82, 2.24) is 15.1 Å². The fourth-order valence-electron chi connectivity index (χ4n) is 3.49. The van der Waals surface area contributed by atoms with Crippen LogP contribution in [0.15, 0.2) is 4.99 Å². The van der Waals surface area contributed by atoms with Gasteiger partial charge < -0.3 is 29.3 Å². The van der Waals surface area contributed by atoms with E-state index < -0.39 is 0 Å². The molecule has 176 valence electrons. The maximum Gasteiger partial charge on any atom is 0.243 e. The van der Waals surface area contributed by atoms with Crippen LogP contribution in [0, 0.1) is 0 Å². The predicted molar refractivity (Wildman–Crippen MR) is 130 cm³/mol. The third kappa shape index (κ3) is 10.6. The van der Waals surface area contributed by atoms with Gasteiger partial charge in [0.05, 0.1) is 18.8 Å². The maximum atomic E-state index is 12.0. The number of amides is 1. The average molecular weight is 540 g/mol. The largest absolute Gasteiger partial charge is 0.382 e. The van der Waals surface area contributed by atoms with Crippen LogP contribution in [-0.2, 0) is 19.0 Å². The van der Waals surface area contributed by atoms with Crippen molar-refractivity contribution in [1.29, 1.82) is 0 Å². The summed E-state index contributed by atoms with van der Waals surface area (Å²) in [5.74, 6) is 0.815. The Labute approximate surface area is 199 Å². The van der Waals surface area contributed by atoms with E-state index in [9.17, 15) is 4.79 Å². The van der Waals surface area contributed by atoms with Gasteiger partial charge in [0.1, 0.15) is 6.54 Å². The second-order valence-corrected chi connectivity index (χ2v) is 7.91. The predicted octanol–water partition coefficient (Wildman–Crippen LogP) is 2.11. The molecule has 0 aromatic rings. The van der Waals surface area contributed by atoms with Crippen LogP contribution >= 0.6 is 24.0 Å². The van der Waals surface area contributed by atoms with Crippen molar-refractivity contribution in [2.45, 2.75) is 57.7 Å². The van der Waals surface area contributed by atoms with Crippen LogP contribution in [-0.4, -0.2) is 101 Å². The Bertz CT molecular complexity index is 493. The lowest BCUT2D eigenvalue weighted by Gasteiger charge is -2.35. The Morgan fingerprint density at radius 2 is 2.00 bits per heavy atom. The molecular formula is C21H41IN4O4. The number of rotatable bonds is 10. The molecule has 2 aliphatic heterocycles. The molecule has 9 heteroatoms. The van der Waals surface area contributed by atoms with E-state index in [1.165, 1.54) is 12.8 Å². The normalized spacial score (nSPS) is 20.6. The van der Waals surface area contributed by atoms with Crippen LogP contribution < -0.4 is 5.32 Å². The third-order valence-electron chi connectivity index (χ3n) is 5.35. The first-order valence-corrected chi connectivity index (χ1v) is 11.1. The summed E-state index contributed by atoms with van der Waals surface area (Å²) in [5.41, 5.74) is 0.